The lowest BCUT2D eigenvalue weighted by molar-refractivity contribution is 0.562. The molecule has 0 saturated carbocycles. The van der Waals surface area contributed by atoms with Gasteiger partial charge in [-0.2, -0.15) is 0 Å². The minimum atomic E-state index is -2.80. The van der Waals surface area contributed by atoms with Crippen molar-refractivity contribution in [2.75, 3.05) is 0 Å². The fourth-order valence-electron chi connectivity index (χ4n) is 11.8. The summed E-state index contributed by atoms with van der Waals surface area (Å²) in [6.07, 6.45) is 0. The van der Waals surface area contributed by atoms with E-state index in [1.807, 2.05) is 0 Å². The van der Waals surface area contributed by atoms with Crippen molar-refractivity contribution in [3.63, 3.8) is 0 Å². The second-order valence-electron chi connectivity index (χ2n) is 24.7. The lowest BCUT2D eigenvalue weighted by atomic mass is 11.0. The van der Waals surface area contributed by atoms with Crippen LogP contribution in [0.1, 0.15) is 0 Å². The first-order chi connectivity index (χ1) is 19.2. The highest BCUT2D eigenvalue weighted by molar-refractivity contribution is 8.10. The third kappa shape index (κ3) is 7.13. The normalized spacial score (nSPS) is 17.1. The van der Waals surface area contributed by atoms with Gasteiger partial charge in [-0.15, -0.1) is 0 Å². The van der Waals surface area contributed by atoms with Crippen LogP contribution in [0.4, 0.5) is 0 Å². The van der Waals surface area contributed by atoms with E-state index in [0.717, 1.165) is 12.1 Å². The van der Waals surface area contributed by atoms with E-state index in [2.05, 4.69) is 183 Å². The van der Waals surface area contributed by atoms with Gasteiger partial charge in [0.2, 0.25) is 0 Å². The summed E-state index contributed by atoms with van der Waals surface area (Å²) in [5.41, 5.74) is 0. The van der Waals surface area contributed by atoms with Gasteiger partial charge < -0.3 is 9.59 Å². The van der Waals surface area contributed by atoms with E-state index in [1.54, 1.807) is 0 Å². The smallest absolute Gasteiger partial charge is 0.154 e. The summed E-state index contributed by atoms with van der Waals surface area (Å²) < 4.78 is 0. The van der Waals surface area contributed by atoms with Gasteiger partial charge in [0.25, 0.3) is 0 Å². The van der Waals surface area contributed by atoms with E-state index in [0.29, 0.717) is 0 Å². The molecule has 0 aliphatic rings. The molecule has 0 atom stereocenters. The Morgan fingerprint density at radius 1 is 0.217 bits per heavy atom. The molecule has 0 rings (SSSR count). The number of hydrogen-bond acceptors (Lipinski definition) is 2. The van der Waals surface area contributed by atoms with Crippen LogP contribution < -0.4 is 0 Å². The molecule has 46 heavy (non-hydrogen) atoms. The van der Waals surface area contributed by atoms with Crippen molar-refractivity contribution in [2.45, 2.75) is 195 Å². The summed E-state index contributed by atoms with van der Waals surface area (Å²) in [4.78, 5) is 29.8. The first-order valence-corrected chi connectivity index (χ1v) is 73.0. The fourth-order valence-corrected chi connectivity index (χ4v) is 470. The Labute approximate surface area is 304 Å². The SMILES string of the molecule is C[Si](C)(C)[Si](C)([Si](C)(C)C)[Si](O)(CC[Si](O)([Si](C)([Si](C)(C)C)[Si](C)(C)C)[Si](C)([Si](C)(C)C)[Si](C)(C)C)[Si](C)([Si](C)(C)C)[Si](C)(C)C. The van der Waals surface area contributed by atoms with Crippen LogP contribution in [0.25, 0.3) is 0 Å². The fraction of sp³-hybridized carbons (Fsp3) is 1.00. The van der Waals surface area contributed by atoms with Crippen LogP contribution in [0, 0.1) is 0 Å². The predicted octanol–water partition coefficient (Wildman–Crippen LogP) is 10.8. The van der Waals surface area contributed by atoms with Gasteiger partial charge in [0.05, 0.1) is 26.5 Å². The monoisotopic (exact) mass is 874 g/mol. The average molecular weight is 876 g/mol. The maximum atomic E-state index is 14.9. The Morgan fingerprint density at radius 3 is 0.370 bits per heavy atom. The average Bonchev–Trinajstić information content (AvgIpc) is 2.73. The van der Waals surface area contributed by atoms with Crippen LogP contribution in [-0.4, -0.2) is 112 Å². The highest BCUT2D eigenvalue weighted by Gasteiger charge is 2.79. The molecule has 0 amide bonds. The molecule has 0 aromatic rings. The van der Waals surface area contributed by atoms with Gasteiger partial charge in [0.15, 0.2) is 14.7 Å². The molecule has 0 spiro atoms. The quantitative estimate of drug-likeness (QED) is 0.161. The molecule has 0 bridgehead atoms. The molecule has 0 aliphatic carbocycles. The lowest BCUT2D eigenvalue weighted by Crippen LogP contribution is -2.99. The van der Waals surface area contributed by atoms with E-state index < -0.39 is 102 Å². The van der Waals surface area contributed by atoms with Crippen LogP contribution >= 0.6 is 0 Å². The largest absolute Gasteiger partial charge is 0.438 e. The summed E-state index contributed by atoms with van der Waals surface area (Å²) >= 11 is 0. The summed E-state index contributed by atoms with van der Waals surface area (Å²) in [5.74, 6) is 0. The minimum Gasteiger partial charge on any atom is -0.438 e. The zero-order valence-corrected chi connectivity index (χ0v) is 51.3. The molecular formula is C30H90O2Si14. The molecule has 0 aromatic heterocycles. The molecule has 0 unspecified atom stereocenters. The van der Waals surface area contributed by atoms with Crippen molar-refractivity contribution in [3.8, 4) is 0 Å². The van der Waals surface area contributed by atoms with Crippen LogP contribution in [0.2, 0.25) is 195 Å². The van der Waals surface area contributed by atoms with Crippen molar-refractivity contribution >= 4 is 102 Å². The van der Waals surface area contributed by atoms with Gasteiger partial charge >= 0.3 is 0 Å². The van der Waals surface area contributed by atoms with Gasteiger partial charge in [-0.3, -0.25) is 0 Å². The molecule has 0 aromatic carbocycles. The van der Waals surface area contributed by atoms with Gasteiger partial charge in [-0.25, -0.2) is 0 Å². The van der Waals surface area contributed by atoms with Gasteiger partial charge in [-0.05, 0) is 12.1 Å². The maximum absolute atomic E-state index is 14.9. The third-order valence-electron chi connectivity index (χ3n) is 16.2. The lowest BCUT2D eigenvalue weighted by Gasteiger charge is -2.69. The second-order valence-corrected chi connectivity index (χ2v) is 177. The Balaban J connectivity index is 8.96. The van der Waals surface area contributed by atoms with Crippen molar-refractivity contribution < 1.29 is 9.59 Å². The van der Waals surface area contributed by atoms with Crippen molar-refractivity contribution in [1.29, 1.82) is 0 Å². The molecule has 2 nitrogen and oxygen atoms in total. The number of rotatable bonds is 15. The molecule has 278 valence electrons. The highest BCUT2D eigenvalue weighted by atomic mass is 30.2. The van der Waals surface area contributed by atoms with E-state index in [-0.39, 0.29) is 0 Å². The molecule has 0 fully saturated rings. The van der Waals surface area contributed by atoms with Crippen LogP contribution in [0.15, 0.2) is 0 Å². The van der Waals surface area contributed by atoms with Gasteiger partial charge in [0.1, 0.15) is 0 Å². The molecule has 2 N–H and O–H groups in total. The third-order valence-corrected chi connectivity index (χ3v) is 318. The first-order valence-electron chi connectivity index (χ1n) is 18.7. The van der Waals surface area contributed by atoms with Crippen LogP contribution in [0.3, 0.4) is 0 Å². The zero-order valence-electron chi connectivity index (χ0n) is 37.3. The van der Waals surface area contributed by atoms with Crippen molar-refractivity contribution in [3.05, 3.63) is 0 Å². The molecule has 0 heterocycles. The van der Waals surface area contributed by atoms with E-state index in [9.17, 15) is 9.59 Å². The van der Waals surface area contributed by atoms with E-state index >= 15 is 0 Å². The Hall–Kier alpha value is 2.96. The molecule has 0 saturated heterocycles. The Bertz CT molecular complexity index is 851. The standard InChI is InChI=1S/C30H90O2Si14/c1-33(2,3)41(25,34(4,5)6)45(31,42(26,35(7,8)9)36(10,11)12)29-30-46(32,43(27,37(13,14)15)38(16,17)18)44(28,39(19,20)21)40(22,23)24/h31-32H,29-30H2,1-28H3. The minimum absolute atomic E-state index is 1.11. The number of hydrogen-bond donors (Lipinski definition) is 2. The van der Waals surface area contributed by atoms with Crippen molar-refractivity contribution in [2.24, 2.45) is 0 Å². The van der Waals surface area contributed by atoms with Crippen LogP contribution in [-0.2, 0) is 0 Å². The Kier molecular flexibility index (Phi) is 14.2. The summed E-state index contributed by atoms with van der Waals surface area (Å²) in [5, 5.41) is 0. The summed E-state index contributed by atoms with van der Waals surface area (Å²) in [6, 6.07) is 2.22. The molecule has 0 aliphatic heterocycles. The summed E-state index contributed by atoms with van der Waals surface area (Å²) in [6.45, 7) is 67.9. The molecule has 16 heteroatoms. The molecular weight excluding hydrogens is 786 g/mol. The maximum Gasteiger partial charge on any atom is 0.154 e. The predicted molar refractivity (Wildman–Crippen MR) is 259 cm³/mol. The van der Waals surface area contributed by atoms with E-state index in [1.165, 1.54) is 0 Å². The topological polar surface area (TPSA) is 40.5 Å². The van der Waals surface area contributed by atoms with Crippen molar-refractivity contribution in [1.82, 2.24) is 0 Å². The van der Waals surface area contributed by atoms with Gasteiger partial charge in [-0.1, -0.05) is 183 Å². The van der Waals surface area contributed by atoms with E-state index in [4.69, 9.17) is 0 Å². The summed E-state index contributed by atoms with van der Waals surface area (Å²) in [7, 11) is -19.2. The highest BCUT2D eigenvalue weighted by Crippen LogP contribution is 2.53. The van der Waals surface area contributed by atoms with Gasteiger partial charge in [0, 0.05) is 60.7 Å². The Morgan fingerprint density at radius 2 is 0.304 bits per heavy atom. The van der Waals surface area contributed by atoms with Crippen LogP contribution in [0.5, 0.6) is 0 Å². The second kappa shape index (κ2) is 13.4. The molecule has 0 radical (unpaired) electrons. The first kappa shape index (κ1) is 49.0. The zero-order chi connectivity index (χ0) is 38.4.